The fourth-order valence-electron chi connectivity index (χ4n) is 3.00. The van der Waals surface area contributed by atoms with Gasteiger partial charge in [-0.3, -0.25) is 0 Å². The molecule has 4 nitrogen and oxygen atoms in total. The highest BCUT2D eigenvalue weighted by molar-refractivity contribution is 5.68. The first-order chi connectivity index (χ1) is 8.47. The van der Waals surface area contributed by atoms with Gasteiger partial charge in [-0.2, -0.15) is 0 Å². The lowest BCUT2D eigenvalue weighted by Gasteiger charge is -2.39. The van der Waals surface area contributed by atoms with Gasteiger partial charge in [0.15, 0.2) is 0 Å². The van der Waals surface area contributed by atoms with E-state index in [9.17, 15) is 4.79 Å². The SMILES string of the molecule is CC(C)(C)OC(=O)N1CCCCC1[C@H]1CCNC1. The predicted molar refractivity (Wildman–Crippen MR) is 71.6 cm³/mol. The van der Waals surface area contributed by atoms with Gasteiger partial charge in [-0.25, -0.2) is 4.79 Å². The minimum Gasteiger partial charge on any atom is -0.444 e. The van der Waals surface area contributed by atoms with E-state index >= 15 is 0 Å². The summed E-state index contributed by atoms with van der Waals surface area (Å²) in [6, 6.07) is 0.378. The van der Waals surface area contributed by atoms with E-state index in [-0.39, 0.29) is 6.09 Å². The zero-order valence-electron chi connectivity index (χ0n) is 11.9. The maximum absolute atomic E-state index is 12.3. The van der Waals surface area contributed by atoms with Crippen molar-refractivity contribution in [3.05, 3.63) is 0 Å². The molecule has 1 unspecified atom stereocenters. The molecule has 1 N–H and O–H groups in total. The number of hydrogen-bond donors (Lipinski definition) is 1. The number of carbonyl (C=O) groups is 1. The van der Waals surface area contributed by atoms with Crippen molar-refractivity contribution in [1.82, 2.24) is 10.2 Å². The standard InChI is InChI=1S/C14H26N2O2/c1-14(2,3)18-13(17)16-9-5-4-6-12(16)11-7-8-15-10-11/h11-12,15H,4-10H2,1-3H3/t11-,12?/m0/s1. The van der Waals surface area contributed by atoms with Crippen LogP contribution in [0, 0.1) is 5.92 Å². The number of ether oxygens (including phenoxy) is 1. The number of carbonyl (C=O) groups excluding carboxylic acids is 1. The van der Waals surface area contributed by atoms with Crippen LogP contribution in [0.15, 0.2) is 0 Å². The molecule has 18 heavy (non-hydrogen) atoms. The second kappa shape index (κ2) is 5.47. The second-order valence-corrected chi connectivity index (χ2v) is 6.49. The van der Waals surface area contributed by atoms with Crippen molar-refractivity contribution in [2.24, 2.45) is 5.92 Å². The summed E-state index contributed by atoms with van der Waals surface area (Å²) in [5, 5.41) is 3.40. The maximum atomic E-state index is 12.3. The van der Waals surface area contributed by atoms with Gasteiger partial charge in [-0.1, -0.05) is 0 Å². The number of nitrogens with zero attached hydrogens (tertiary/aromatic N) is 1. The molecule has 2 rings (SSSR count). The molecule has 0 aromatic rings. The lowest BCUT2D eigenvalue weighted by Crippen LogP contribution is -2.49. The van der Waals surface area contributed by atoms with E-state index in [1.165, 1.54) is 12.8 Å². The Morgan fingerprint density at radius 2 is 2.06 bits per heavy atom. The van der Waals surface area contributed by atoms with Gasteiger partial charge in [0.2, 0.25) is 0 Å². The van der Waals surface area contributed by atoms with Gasteiger partial charge in [-0.15, -0.1) is 0 Å². The van der Waals surface area contributed by atoms with E-state index < -0.39 is 5.60 Å². The van der Waals surface area contributed by atoms with Gasteiger partial charge in [0.05, 0.1) is 0 Å². The molecule has 2 fully saturated rings. The summed E-state index contributed by atoms with van der Waals surface area (Å²) in [5.74, 6) is 0.609. The van der Waals surface area contributed by atoms with E-state index in [4.69, 9.17) is 4.74 Å². The lowest BCUT2D eigenvalue weighted by molar-refractivity contribution is 0.00276. The molecule has 0 radical (unpaired) electrons. The molecule has 104 valence electrons. The van der Waals surface area contributed by atoms with Crippen LogP contribution in [0.4, 0.5) is 4.79 Å². The van der Waals surface area contributed by atoms with Gasteiger partial charge in [0, 0.05) is 12.6 Å². The number of piperidine rings is 1. The summed E-state index contributed by atoms with van der Waals surface area (Å²) in [5.41, 5.74) is -0.396. The normalized spacial score (nSPS) is 29.4. The topological polar surface area (TPSA) is 41.6 Å². The van der Waals surface area contributed by atoms with E-state index in [2.05, 4.69) is 5.32 Å². The minimum atomic E-state index is -0.396. The van der Waals surface area contributed by atoms with Crippen LogP contribution >= 0.6 is 0 Å². The lowest BCUT2D eigenvalue weighted by atomic mass is 9.90. The molecule has 2 saturated heterocycles. The van der Waals surface area contributed by atoms with E-state index in [1.54, 1.807) is 0 Å². The van der Waals surface area contributed by atoms with Crippen molar-refractivity contribution >= 4 is 6.09 Å². The van der Waals surface area contributed by atoms with Crippen molar-refractivity contribution in [3.63, 3.8) is 0 Å². The van der Waals surface area contributed by atoms with Crippen LogP contribution in [0.25, 0.3) is 0 Å². The first-order valence-electron chi connectivity index (χ1n) is 7.18. The monoisotopic (exact) mass is 254 g/mol. The van der Waals surface area contributed by atoms with Gasteiger partial charge in [0.1, 0.15) is 5.60 Å². The Kier molecular flexibility index (Phi) is 4.15. The third-order valence-corrected chi connectivity index (χ3v) is 3.82. The first-order valence-corrected chi connectivity index (χ1v) is 7.18. The van der Waals surface area contributed by atoms with E-state index in [0.29, 0.717) is 12.0 Å². The summed E-state index contributed by atoms with van der Waals surface area (Å²) in [6.45, 7) is 8.78. The molecule has 0 aromatic heterocycles. The highest BCUT2D eigenvalue weighted by Gasteiger charge is 2.36. The number of nitrogens with one attached hydrogen (secondary N) is 1. The van der Waals surface area contributed by atoms with Gasteiger partial charge in [-0.05, 0) is 65.5 Å². The smallest absolute Gasteiger partial charge is 0.410 e. The van der Waals surface area contributed by atoms with Crippen LogP contribution in [0.1, 0.15) is 46.5 Å². The Labute approximate surface area is 110 Å². The van der Waals surface area contributed by atoms with Crippen LogP contribution in [0.5, 0.6) is 0 Å². The van der Waals surface area contributed by atoms with Crippen molar-refractivity contribution in [3.8, 4) is 0 Å². The second-order valence-electron chi connectivity index (χ2n) is 6.49. The molecule has 1 amide bonds. The quantitative estimate of drug-likeness (QED) is 0.781. The molecule has 2 atom stereocenters. The summed E-state index contributed by atoms with van der Waals surface area (Å²) in [6.07, 6.45) is 4.53. The summed E-state index contributed by atoms with van der Waals surface area (Å²) < 4.78 is 5.53. The number of likely N-dealkylation sites (tertiary alicyclic amines) is 1. The van der Waals surface area contributed by atoms with E-state index in [0.717, 1.165) is 32.5 Å². The van der Waals surface area contributed by atoms with Crippen molar-refractivity contribution in [1.29, 1.82) is 0 Å². The fourth-order valence-corrected chi connectivity index (χ4v) is 3.00. The van der Waals surface area contributed by atoms with Crippen LogP contribution in [-0.4, -0.2) is 42.3 Å². The van der Waals surface area contributed by atoms with Crippen LogP contribution in [-0.2, 0) is 4.74 Å². The molecule has 0 aliphatic carbocycles. The Hall–Kier alpha value is -0.770. The Morgan fingerprint density at radius 1 is 1.28 bits per heavy atom. The van der Waals surface area contributed by atoms with Gasteiger partial charge in [0.25, 0.3) is 0 Å². The Morgan fingerprint density at radius 3 is 2.67 bits per heavy atom. The molecular weight excluding hydrogens is 228 g/mol. The zero-order valence-corrected chi connectivity index (χ0v) is 11.9. The zero-order chi connectivity index (χ0) is 13.2. The minimum absolute atomic E-state index is 0.126. The van der Waals surface area contributed by atoms with Gasteiger partial charge < -0.3 is 15.0 Å². The molecule has 0 spiro atoms. The van der Waals surface area contributed by atoms with Crippen LogP contribution < -0.4 is 5.32 Å². The average Bonchev–Trinajstić information content (AvgIpc) is 2.80. The number of amides is 1. The van der Waals surface area contributed by atoms with Crippen molar-refractivity contribution in [2.75, 3.05) is 19.6 Å². The molecule has 4 heteroatoms. The number of hydrogen-bond acceptors (Lipinski definition) is 3. The summed E-state index contributed by atoms with van der Waals surface area (Å²) in [7, 11) is 0. The Bertz CT molecular complexity index is 293. The molecule has 2 aliphatic rings. The molecule has 0 bridgehead atoms. The molecule has 2 heterocycles. The largest absolute Gasteiger partial charge is 0.444 e. The van der Waals surface area contributed by atoms with Crippen molar-refractivity contribution < 1.29 is 9.53 Å². The highest BCUT2D eigenvalue weighted by atomic mass is 16.6. The first kappa shape index (κ1) is 13.7. The molecule has 0 aromatic carbocycles. The Balaban J connectivity index is 2.00. The maximum Gasteiger partial charge on any atom is 0.410 e. The third-order valence-electron chi connectivity index (χ3n) is 3.82. The van der Waals surface area contributed by atoms with E-state index in [1.807, 2.05) is 25.7 Å². The average molecular weight is 254 g/mol. The van der Waals surface area contributed by atoms with Crippen molar-refractivity contribution in [2.45, 2.75) is 58.1 Å². The highest BCUT2D eigenvalue weighted by Crippen LogP contribution is 2.28. The fraction of sp³-hybridized carbons (Fsp3) is 0.929. The van der Waals surface area contributed by atoms with Gasteiger partial charge >= 0.3 is 6.09 Å². The summed E-state index contributed by atoms with van der Waals surface area (Å²) >= 11 is 0. The number of rotatable bonds is 1. The van der Waals surface area contributed by atoms with Crippen LogP contribution in [0.2, 0.25) is 0 Å². The summed E-state index contributed by atoms with van der Waals surface area (Å²) in [4.78, 5) is 14.2. The molecular formula is C14H26N2O2. The molecule has 0 saturated carbocycles. The molecule has 2 aliphatic heterocycles. The van der Waals surface area contributed by atoms with Crippen LogP contribution in [0.3, 0.4) is 0 Å². The predicted octanol–water partition coefficient (Wildman–Crippen LogP) is 2.39. The third kappa shape index (κ3) is 3.37.